The molecule has 0 atom stereocenters. The van der Waals surface area contributed by atoms with Crippen LogP contribution < -0.4 is 10.6 Å². The van der Waals surface area contributed by atoms with E-state index in [1.807, 2.05) is 31.1 Å². The van der Waals surface area contributed by atoms with Crippen LogP contribution >= 0.6 is 0 Å². The fourth-order valence-corrected chi connectivity index (χ4v) is 1.86. The first-order valence-corrected chi connectivity index (χ1v) is 7.17. The third-order valence-corrected chi connectivity index (χ3v) is 3.06. The van der Waals surface area contributed by atoms with Gasteiger partial charge in [-0.3, -0.25) is 9.78 Å². The molecule has 2 N–H and O–H groups in total. The van der Waals surface area contributed by atoms with Gasteiger partial charge < -0.3 is 15.5 Å². The summed E-state index contributed by atoms with van der Waals surface area (Å²) in [6.07, 6.45) is 5.16. The maximum Gasteiger partial charge on any atom is 0.251 e. The Hall–Kier alpha value is -2.47. The van der Waals surface area contributed by atoms with E-state index in [2.05, 4.69) is 20.6 Å². The lowest BCUT2D eigenvalue weighted by Crippen LogP contribution is -2.31. The molecule has 0 saturated carbocycles. The number of pyridine rings is 2. The van der Waals surface area contributed by atoms with E-state index in [1.165, 1.54) is 0 Å². The number of anilines is 1. The molecule has 6 heteroatoms. The van der Waals surface area contributed by atoms with Crippen molar-refractivity contribution in [3.63, 3.8) is 0 Å². The van der Waals surface area contributed by atoms with Crippen LogP contribution in [0.15, 0.2) is 42.9 Å². The Balaban J connectivity index is 1.90. The normalized spacial score (nSPS) is 10.5. The smallest absolute Gasteiger partial charge is 0.251 e. The number of carbonyl (C=O) groups excluding carboxylic acids is 1. The standard InChI is InChI=1S/C16H21N5O/c1-21(2)9-8-19-16(22)14-5-7-18-15(10-14)20-12-13-4-3-6-17-11-13/h3-7,10-11H,8-9,12H2,1-2H3,(H,18,20)(H,19,22). The van der Waals surface area contributed by atoms with Crippen LogP contribution in [0.5, 0.6) is 0 Å². The second kappa shape index (κ2) is 8.09. The Labute approximate surface area is 130 Å². The molecule has 0 spiro atoms. The van der Waals surface area contributed by atoms with Crippen molar-refractivity contribution in [3.8, 4) is 0 Å². The van der Waals surface area contributed by atoms with Gasteiger partial charge in [0.15, 0.2) is 0 Å². The maximum absolute atomic E-state index is 12.1. The molecule has 22 heavy (non-hydrogen) atoms. The third-order valence-electron chi connectivity index (χ3n) is 3.06. The van der Waals surface area contributed by atoms with Crippen molar-refractivity contribution in [1.82, 2.24) is 20.2 Å². The van der Waals surface area contributed by atoms with Gasteiger partial charge in [-0.1, -0.05) is 6.07 Å². The monoisotopic (exact) mass is 299 g/mol. The Morgan fingerprint density at radius 1 is 1.27 bits per heavy atom. The molecule has 2 heterocycles. The van der Waals surface area contributed by atoms with E-state index in [-0.39, 0.29) is 5.91 Å². The average Bonchev–Trinajstić information content (AvgIpc) is 2.54. The molecule has 0 bridgehead atoms. The van der Waals surface area contributed by atoms with Gasteiger partial charge in [0.2, 0.25) is 0 Å². The highest BCUT2D eigenvalue weighted by molar-refractivity contribution is 5.94. The summed E-state index contributed by atoms with van der Waals surface area (Å²) in [6.45, 7) is 2.04. The topological polar surface area (TPSA) is 70.2 Å². The molecule has 0 aromatic carbocycles. The lowest BCUT2D eigenvalue weighted by Gasteiger charge is -2.11. The van der Waals surface area contributed by atoms with Gasteiger partial charge in [-0.05, 0) is 37.9 Å². The average molecular weight is 299 g/mol. The molecular weight excluding hydrogens is 278 g/mol. The summed E-state index contributed by atoms with van der Waals surface area (Å²) >= 11 is 0. The number of carbonyl (C=O) groups is 1. The highest BCUT2D eigenvalue weighted by Gasteiger charge is 2.06. The minimum absolute atomic E-state index is 0.0892. The van der Waals surface area contributed by atoms with Gasteiger partial charge >= 0.3 is 0 Å². The summed E-state index contributed by atoms with van der Waals surface area (Å²) in [5.74, 6) is 0.581. The number of nitrogens with one attached hydrogen (secondary N) is 2. The fraction of sp³-hybridized carbons (Fsp3) is 0.312. The zero-order chi connectivity index (χ0) is 15.8. The maximum atomic E-state index is 12.1. The second-order valence-corrected chi connectivity index (χ2v) is 5.20. The first kappa shape index (κ1) is 15.9. The summed E-state index contributed by atoms with van der Waals surface area (Å²) in [6, 6.07) is 7.33. The van der Waals surface area contributed by atoms with Crippen molar-refractivity contribution in [2.45, 2.75) is 6.54 Å². The lowest BCUT2D eigenvalue weighted by atomic mass is 10.2. The predicted molar refractivity (Wildman–Crippen MR) is 86.7 cm³/mol. The minimum Gasteiger partial charge on any atom is -0.366 e. The van der Waals surface area contributed by atoms with Crippen LogP contribution in [-0.4, -0.2) is 48.0 Å². The molecule has 6 nitrogen and oxygen atoms in total. The number of hydrogen-bond donors (Lipinski definition) is 2. The summed E-state index contributed by atoms with van der Waals surface area (Å²) < 4.78 is 0. The van der Waals surface area contributed by atoms with E-state index in [0.717, 1.165) is 12.1 Å². The number of likely N-dealkylation sites (N-methyl/N-ethyl adjacent to an activating group) is 1. The van der Waals surface area contributed by atoms with Gasteiger partial charge in [-0.25, -0.2) is 4.98 Å². The third kappa shape index (κ3) is 5.14. The summed E-state index contributed by atoms with van der Waals surface area (Å²) in [5.41, 5.74) is 1.66. The number of nitrogens with zero attached hydrogens (tertiary/aromatic N) is 3. The van der Waals surface area contributed by atoms with Crippen molar-refractivity contribution in [1.29, 1.82) is 0 Å². The first-order chi connectivity index (χ1) is 10.6. The first-order valence-electron chi connectivity index (χ1n) is 7.17. The molecule has 2 aromatic rings. The molecule has 0 aliphatic heterocycles. The van der Waals surface area contributed by atoms with Gasteiger partial charge in [0.25, 0.3) is 5.91 Å². The van der Waals surface area contributed by atoms with Crippen molar-refractivity contribution >= 4 is 11.7 Å². The molecule has 1 amide bonds. The van der Waals surface area contributed by atoms with Crippen LogP contribution in [0.2, 0.25) is 0 Å². The highest BCUT2D eigenvalue weighted by atomic mass is 16.1. The van der Waals surface area contributed by atoms with Gasteiger partial charge in [-0.15, -0.1) is 0 Å². The Morgan fingerprint density at radius 3 is 2.86 bits per heavy atom. The largest absolute Gasteiger partial charge is 0.366 e. The van der Waals surface area contributed by atoms with E-state index >= 15 is 0 Å². The molecule has 0 radical (unpaired) electrons. The zero-order valence-corrected chi connectivity index (χ0v) is 12.9. The minimum atomic E-state index is -0.0892. The number of rotatable bonds is 7. The zero-order valence-electron chi connectivity index (χ0n) is 12.9. The Bertz CT molecular complexity index is 600. The van der Waals surface area contributed by atoms with E-state index < -0.39 is 0 Å². The van der Waals surface area contributed by atoms with Gasteiger partial charge in [0.1, 0.15) is 5.82 Å². The molecule has 2 aromatic heterocycles. The summed E-state index contributed by atoms with van der Waals surface area (Å²) in [4.78, 5) is 22.4. The van der Waals surface area contributed by atoms with Crippen LogP contribution in [0.1, 0.15) is 15.9 Å². The number of hydrogen-bond acceptors (Lipinski definition) is 5. The van der Waals surface area contributed by atoms with E-state index in [1.54, 1.807) is 30.7 Å². The molecule has 0 aliphatic rings. The van der Waals surface area contributed by atoms with Crippen LogP contribution in [0, 0.1) is 0 Å². The van der Waals surface area contributed by atoms with Crippen LogP contribution in [0.4, 0.5) is 5.82 Å². The fourth-order valence-electron chi connectivity index (χ4n) is 1.86. The Morgan fingerprint density at radius 2 is 2.14 bits per heavy atom. The predicted octanol–water partition coefficient (Wildman–Crippen LogP) is 1.38. The van der Waals surface area contributed by atoms with Crippen LogP contribution in [-0.2, 0) is 6.54 Å². The molecule has 0 unspecified atom stereocenters. The van der Waals surface area contributed by atoms with Crippen LogP contribution in [0.25, 0.3) is 0 Å². The summed E-state index contributed by atoms with van der Waals surface area (Å²) in [7, 11) is 3.94. The van der Waals surface area contributed by atoms with Crippen molar-refractivity contribution in [2.24, 2.45) is 0 Å². The van der Waals surface area contributed by atoms with Gasteiger partial charge in [0.05, 0.1) is 0 Å². The molecule has 116 valence electrons. The quantitative estimate of drug-likeness (QED) is 0.808. The van der Waals surface area contributed by atoms with E-state index in [9.17, 15) is 4.79 Å². The van der Waals surface area contributed by atoms with Gasteiger partial charge in [0, 0.05) is 43.8 Å². The second-order valence-electron chi connectivity index (χ2n) is 5.20. The van der Waals surface area contributed by atoms with Crippen LogP contribution in [0.3, 0.4) is 0 Å². The molecule has 0 fully saturated rings. The number of aromatic nitrogens is 2. The lowest BCUT2D eigenvalue weighted by molar-refractivity contribution is 0.0951. The number of amides is 1. The molecular formula is C16H21N5O. The van der Waals surface area contributed by atoms with Crippen molar-refractivity contribution < 1.29 is 4.79 Å². The molecule has 0 saturated heterocycles. The van der Waals surface area contributed by atoms with E-state index in [4.69, 9.17) is 0 Å². The molecule has 0 aliphatic carbocycles. The van der Waals surface area contributed by atoms with Crippen molar-refractivity contribution in [2.75, 3.05) is 32.5 Å². The molecule has 2 rings (SSSR count). The summed E-state index contributed by atoms with van der Waals surface area (Å²) in [5, 5.41) is 6.08. The van der Waals surface area contributed by atoms with E-state index in [0.29, 0.717) is 24.5 Å². The SMILES string of the molecule is CN(C)CCNC(=O)c1ccnc(NCc2cccnc2)c1. The van der Waals surface area contributed by atoms with Gasteiger partial charge in [-0.2, -0.15) is 0 Å². The Kier molecular flexibility index (Phi) is 5.85. The highest BCUT2D eigenvalue weighted by Crippen LogP contribution is 2.08. The van der Waals surface area contributed by atoms with Crippen molar-refractivity contribution in [3.05, 3.63) is 54.0 Å².